The van der Waals surface area contributed by atoms with Crippen LogP contribution in [-0.4, -0.2) is 30.0 Å². The molecule has 0 heterocycles. The molecule has 29 heavy (non-hydrogen) atoms. The Morgan fingerprint density at radius 1 is 0.724 bits per heavy atom. The number of nitrogens with one attached hydrogen (secondary N) is 1. The first-order valence-electron chi connectivity index (χ1n) is 8.89. The number of ketones is 2. The first-order valence-corrected chi connectivity index (χ1v) is 8.89. The number of rotatable bonds is 4. The molecule has 142 valence electrons. The average Bonchev–Trinajstić information content (AvgIpc) is 2.76. The maximum absolute atomic E-state index is 12.9. The topological polar surface area (TPSA) is 89.5 Å². The number of anilines is 1. The minimum absolute atomic E-state index is 0.00432. The van der Waals surface area contributed by atoms with E-state index < -0.39 is 24.3 Å². The van der Waals surface area contributed by atoms with E-state index in [2.05, 4.69) is 5.32 Å². The van der Waals surface area contributed by atoms with E-state index in [9.17, 15) is 19.2 Å². The Morgan fingerprint density at radius 3 is 2.07 bits per heavy atom. The van der Waals surface area contributed by atoms with Gasteiger partial charge in [0.1, 0.15) is 0 Å². The van der Waals surface area contributed by atoms with Gasteiger partial charge in [-0.2, -0.15) is 0 Å². The van der Waals surface area contributed by atoms with E-state index in [0.717, 1.165) is 0 Å². The van der Waals surface area contributed by atoms with Gasteiger partial charge in [-0.05, 0) is 18.2 Å². The van der Waals surface area contributed by atoms with E-state index in [4.69, 9.17) is 4.74 Å². The summed E-state index contributed by atoms with van der Waals surface area (Å²) in [5, 5.41) is 2.60. The van der Waals surface area contributed by atoms with E-state index in [1.807, 2.05) is 6.07 Å². The summed E-state index contributed by atoms with van der Waals surface area (Å²) in [5.41, 5.74) is 1.23. The summed E-state index contributed by atoms with van der Waals surface area (Å²) in [6.07, 6.45) is 0. The molecule has 0 bridgehead atoms. The Balaban J connectivity index is 1.55. The zero-order chi connectivity index (χ0) is 20.4. The lowest BCUT2D eigenvalue weighted by Gasteiger charge is -2.19. The second-order valence-electron chi connectivity index (χ2n) is 6.42. The summed E-state index contributed by atoms with van der Waals surface area (Å²) in [7, 11) is 0. The molecule has 4 rings (SSSR count). The standard InChI is InChI=1S/C23H15NO5/c25-19(24-14-7-2-1-3-8-14)13-29-23(28)18-12-6-11-17-20(18)22(27)16-10-5-4-9-15(16)21(17)26/h1-12H,13H2,(H,24,25). The van der Waals surface area contributed by atoms with Crippen LogP contribution in [0.2, 0.25) is 0 Å². The van der Waals surface area contributed by atoms with Gasteiger partial charge in [0.2, 0.25) is 0 Å². The maximum atomic E-state index is 12.9. The summed E-state index contributed by atoms with van der Waals surface area (Å²) in [5.74, 6) is -2.10. The number of hydrogen-bond acceptors (Lipinski definition) is 5. The monoisotopic (exact) mass is 385 g/mol. The van der Waals surface area contributed by atoms with Crippen LogP contribution in [-0.2, 0) is 9.53 Å². The summed E-state index contributed by atoms with van der Waals surface area (Å²) in [6.45, 7) is -0.518. The van der Waals surface area contributed by atoms with Gasteiger partial charge in [0, 0.05) is 27.9 Å². The predicted molar refractivity (Wildman–Crippen MR) is 105 cm³/mol. The van der Waals surface area contributed by atoms with Gasteiger partial charge in [-0.25, -0.2) is 4.79 Å². The third-order valence-electron chi connectivity index (χ3n) is 4.56. The Kier molecular flexibility index (Phi) is 4.75. The van der Waals surface area contributed by atoms with Crippen LogP contribution in [0.25, 0.3) is 0 Å². The third-order valence-corrected chi connectivity index (χ3v) is 4.56. The fraction of sp³-hybridized carbons (Fsp3) is 0.0435. The van der Waals surface area contributed by atoms with Crippen molar-refractivity contribution in [1.82, 2.24) is 0 Å². The SMILES string of the molecule is O=C(COC(=O)c1cccc2c1C(=O)c1ccccc1C2=O)Nc1ccccc1. The van der Waals surface area contributed by atoms with Crippen LogP contribution in [0.4, 0.5) is 5.69 Å². The number of esters is 1. The van der Waals surface area contributed by atoms with Gasteiger partial charge < -0.3 is 10.1 Å². The van der Waals surface area contributed by atoms with Crippen LogP contribution in [0.3, 0.4) is 0 Å². The molecule has 0 aromatic heterocycles. The molecule has 0 spiro atoms. The molecule has 0 saturated carbocycles. The van der Waals surface area contributed by atoms with Crippen LogP contribution >= 0.6 is 0 Å². The smallest absolute Gasteiger partial charge is 0.339 e. The van der Waals surface area contributed by atoms with Gasteiger partial charge in [-0.1, -0.05) is 54.6 Å². The van der Waals surface area contributed by atoms with Crippen molar-refractivity contribution in [2.45, 2.75) is 0 Å². The Bertz CT molecular complexity index is 1150. The van der Waals surface area contributed by atoms with Crippen molar-refractivity contribution in [3.63, 3.8) is 0 Å². The molecule has 1 amide bonds. The van der Waals surface area contributed by atoms with Crippen molar-refractivity contribution in [2.24, 2.45) is 0 Å². The van der Waals surface area contributed by atoms with Crippen molar-refractivity contribution < 1.29 is 23.9 Å². The predicted octanol–water partition coefficient (Wildman–Crippen LogP) is 3.26. The number of carbonyl (C=O) groups excluding carboxylic acids is 4. The van der Waals surface area contributed by atoms with Gasteiger partial charge in [-0.15, -0.1) is 0 Å². The van der Waals surface area contributed by atoms with Crippen molar-refractivity contribution in [1.29, 1.82) is 0 Å². The minimum Gasteiger partial charge on any atom is -0.452 e. The van der Waals surface area contributed by atoms with Gasteiger partial charge in [0.05, 0.1) is 5.56 Å². The molecule has 0 aliphatic heterocycles. The third kappa shape index (κ3) is 3.43. The van der Waals surface area contributed by atoms with Crippen molar-refractivity contribution in [2.75, 3.05) is 11.9 Å². The zero-order valence-corrected chi connectivity index (χ0v) is 15.2. The van der Waals surface area contributed by atoms with Crippen LogP contribution in [0, 0.1) is 0 Å². The number of benzene rings is 3. The highest BCUT2D eigenvalue weighted by molar-refractivity contribution is 6.30. The minimum atomic E-state index is -0.842. The van der Waals surface area contributed by atoms with Crippen LogP contribution in [0.15, 0.2) is 72.8 Å². The molecule has 1 aliphatic rings. The molecule has 0 radical (unpaired) electrons. The van der Waals surface area contributed by atoms with Gasteiger partial charge in [0.15, 0.2) is 18.2 Å². The van der Waals surface area contributed by atoms with Crippen LogP contribution in [0.1, 0.15) is 42.2 Å². The summed E-state index contributed by atoms with van der Waals surface area (Å²) < 4.78 is 5.09. The summed E-state index contributed by atoms with van der Waals surface area (Å²) >= 11 is 0. The quantitative estimate of drug-likeness (QED) is 0.545. The highest BCUT2D eigenvalue weighted by Gasteiger charge is 2.33. The van der Waals surface area contributed by atoms with Crippen molar-refractivity contribution in [3.8, 4) is 0 Å². The Morgan fingerprint density at radius 2 is 1.34 bits per heavy atom. The lowest BCUT2D eigenvalue weighted by Crippen LogP contribution is -2.26. The van der Waals surface area contributed by atoms with Gasteiger partial charge in [0.25, 0.3) is 5.91 Å². The molecule has 0 saturated heterocycles. The van der Waals surface area contributed by atoms with E-state index in [-0.39, 0.29) is 28.0 Å². The molecule has 3 aromatic carbocycles. The molecule has 6 heteroatoms. The first kappa shape index (κ1) is 18.3. The molecule has 6 nitrogen and oxygen atoms in total. The molecule has 1 aliphatic carbocycles. The van der Waals surface area contributed by atoms with Crippen molar-refractivity contribution >= 4 is 29.1 Å². The fourth-order valence-electron chi connectivity index (χ4n) is 3.24. The van der Waals surface area contributed by atoms with Crippen LogP contribution in [0.5, 0.6) is 0 Å². The molecule has 0 atom stereocenters. The number of para-hydroxylation sites is 1. The Labute approximate surface area is 166 Å². The number of fused-ring (bicyclic) bond motifs is 2. The average molecular weight is 385 g/mol. The maximum Gasteiger partial charge on any atom is 0.339 e. The number of hydrogen-bond donors (Lipinski definition) is 1. The normalized spacial score (nSPS) is 12.0. The van der Waals surface area contributed by atoms with E-state index in [1.165, 1.54) is 18.2 Å². The zero-order valence-electron chi connectivity index (χ0n) is 15.2. The van der Waals surface area contributed by atoms with E-state index in [1.54, 1.807) is 48.5 Å². The molecule has 3 aromatic rings. The van der Waals surface area contributed by atoms with Crippen molar-refractivity contribution in [3.05, 3.63) is 101 Å². The molecule has 0 fully saturated rings. The summed E-state index contributed by atoms with van der Waals surface area (Å²) in [4.78, 5) is 50.2. The highest BCUT2D eigenvalue weighted by atomic mass is 16.5. The summed E-state index contributed by atoms with van der Waals surface area (Å²) in [6, 6.07) is 19.6. The second-order valence-corrected chi connectivity index (χ2v) is 6.42. The molecular weight excluding hydrogens is 370 g/mol. The van der Waals surface area contributed by atoms with Gasteiger partial charge >= 0.3 is 5.97 Å². The Hall–Kier alpha value is -4.06. The largest absolute Gasteiger partial charge is 0.452 e. The molecule has 1 N–H and O–H groups in total. The number of carbonyl (C=O) groups is 4. The highest BCUT2D eigenvalue weighted by Crippen LogP contribution is 2.29. The van der Waals surface area contributed by atoms with Crippen LogP contribution < -0.4 is 5.32 Å². The van der Waals surface area contributed by atoms with E-state index in [0.29, 0.717) is 11.3 Å². The molecule has 0 unspecified atom stereocenters. The fourth-order valence-corrected chi connectivity index (χ4v) is 3.24. The molecular formula is C23H15NO5. The second kappa shape index (κ2) is 7.52. The van der Waals surface area contributed by atoms with E-state index >= 15 is 0 Å². The van der Waals surface area contributed by atoms with Gasteiger partial charge in [-0.3, -0.25) is 14.4 Å². The number of ether oxygens (including phenoxy) is 1. The lowest BCUT2D eigenvalue weighted by molar-refractivity contribution is -0.119. The number of amides is 1. The first-order chi connectivity index (χ1) is 14.1. The lowest BCUT2D eigenvalue weighted by atomic mass is 9.82.